The van der Waals surface area contributed by atoms with Crippen molar-refractivity contribution < 1.29 is 17.5 Å². The van der Waals surface area contributed by atoms with Crippen LogP contribution in [0.25, 0.3) is 0 Å². The van der Waals surface area contributed by atoms with E-state index >= 15 is 0 Å². The Bertz CT molecular complexity index is 331. The minimum atomic E-state index is -4.01. The van der Waals surface area contributed by atoms with Crippen LogP contribution in [0.3, 0.4) is 0 Å². The third-order valence-electron chi connectivity index (χ3n) is 3.73. The van der Waals surface area contributed by atoms with Gasteiger partial charge in [0.1, 0.15) is 0 Å². The molecule has 0 aromatic rings. The summed E-state index contributed by atoms with van der Waals surface area (Å²) in [5, 5.41) is 0. The molecular weight excluding hydrogens is 298 g/mol. The van der Waals surface area contributed by atoms with Gasteiger partial charge in [-0.2, -0.15) is 0 Å². The Labute approximate surface area is 138 Å². The Morgan fingerprint density at radius 2 is 1.32 bits per heavy atom. The maximum atomic E-state index is 9.79. The van der Waals surface area contributed by atoms with Gasteiger partial charge in [-0.1, -0.05) is 46.1 Å². The lowest BCUT2D eigenvalue weighted by molar-refractivity contribution is -0.910. The highest BCUT2D eigenvalue weighted by Crippen LogP contribution is 2.10. The van der Waals surface area contributed by atoms with Crippen molar-refractivity contribution in [3.8, 4) is 0 Å². The van der Waals surface area contributed by atoms with Crippen LogP contribution in [0.4, 0.5) is 0 Å². The zero-order chi connectivity index (χ0) is 17.5. The van der Waals surface area contributed by atoms with Crippen molar-refractivity contribution in [2.45, 2.75) is 65.7 Å². The van der Waals surface area contributed by atoms with Gasteiger partial charge in [-0.05, 0) is 25.7 Å². The van der Waals surface area contributed by atoms with Gasteiger partial charge in [0, 0.05) is 5.75 Å². The molecule has 0 spiro atoms. The number of rotatable bonds is 12. The van der Waals surface area contributed by atoms with Gasteiger partial charge in [-0.3, -0.25) is 0 Å². The first-order valence-electron chi connectivity index (χ1n) is 8.62. The van der Waals surface area contributed by atoms with Crippen LogP contribution in [-0.4, -0.2) is 49.9 Å². The van der Waals surface area contributed by atoms with E-state index in [1.54, 1.807) is 0 Å². The van der Waals surface area contributed by atoms with Gasteiger partial charge in [0.15, 0.2) is 0 Å². The maximum absolute atomic E-state index is 9.79. The van der Waals surface area contributed by atoms with Crippen molar-refractivity contribution >= 4 is 10.1 Å². The summed E-state index contributed by atoms with van der Waals surface area (Å²) in [6.07, 6.45) is 9.84. The van der Waals surface area contributed by atoms with E-state index in [0.717, 1.165) is 0 Å². The molecule has 0 saturated carbocycles. The number of hydrogen-bond acceptors (Lipinski definition) is 3. The second-order valence-electron chi connectivity index (χ2n) is 6.19. The Morgan fingerprint density at radius 1 is 0.955 bits per heavy atom. The molecule has 0 aromatic carbocycles. The van der Waals surface area contributed by atoms with Gasteiger partial charge in [0.25, 0.3) is 0 Å². The standard InChI is InChI=1S/C13H30N.C4H8O3S/c1-5-8-11-14(4,12-9-6-2)13-10-7-3;1-2-3-4-8(5,6)7/h5-13H2,1-4H3;2H,1,3-4H2,(H,5,6,7)/q+1;/p-1. The fraction of sp³-hybridized carbons (Fsp3) is 0.882. The molecular formula is C17H37NO3S. The first-order chi connectivity index (χ1) is 10.2. The van der Waals surface area contributed by atoms with Crippen LogP contribution < -0.4 is 0 Å². The highest BCUT2D eigenvalue weighted by Gasteiger charge is 2.18. The molecule has 22 heavy (non-hydrogen) atoms. The fourth-order valence-corrected chi connectivity index (χ4v) is 2.64. The average Bonchev–Trinajstić information content (AvgIpc) is 2.47. The van der Waals surface area contributed by atoms with E-state index in [0.29, 0.717) is 0 Å². The monoisotopic (exact) mass is 335 g/mol. The Balaban J connectivity index is 0. The summed E-state index contributed by atoms with van der Waals surface area (Å²) >= 11 is 0. The van der Waals surface area contributed by atoms with Crippen LogP contribution in [-0.2, 0) is 10.1 Å². The van der Waals surface area contributed by atoms with Gasteiger partial charge < -0.3 is 9.04 Å². The number of allylic oxidation sites excluding steroid dienone is 1. The molecule has 4 nitrogen and oxygen atoms in total. The van der Waals surface area contributed by atoms with Crippen molar-refractivity contribution in [1.82, 2.24) is 0 Å². The molecule has 0 radical (unpaired) electrons. The zero-order valence-electron chi connectivity index (χ0n) is 15.1. The first-order valence-corrected chi connectivity index (χ1v) is 10.2. The van der Waals surface area contributed by atoms with Gasteiger partial charge in [-0.15, -0.1) is 6.58 Å². The Hall–Kier alpha value is -0.390. The van der Waals surface area contributed by atoms with Crippen LogP contribution in [0.5, 0.6) is 0 Å². The van der Waals surface area contributed by atoms with Crippen LogP contribution >= 0.6 is 0 Å². The maximum Gasteiger partial charge on any atom is 0.0948 e. The Morgan fingerprint density at radius 3 is 1.50 bits per heavy atom. The summed E-state index contributed by atoms with van der Waals surface area (Å²) < 4.78 is 30.7. The molecule has 0 aliphatic rings. The Kier molecular flexibility index (Phi) is 15.4. The zero-order valence-corrected chi connectivity index (χ0v) is 16.0. The fourth-order valence-electron chi connectivity index (χ4n) is 2.18. The smallest absolute Gasteiger partial charge is 0.0948 e. The second kappa shape index (κ2) is 14.2. The minimum Gasteiger partial charge on any atom is -0.748 e. The number of unbranched alkanes of at least 4 members (excludes halogenated alkanes) is 3. The SMILES string of the molecule is C=CCCS(=O)(=O)[O-].CCCC[N+](C)(CCCC)CCCC. The molecule has 0 bridgehead atoms. The molecule has 134 valence electrons. The van der Waals surface area contributed by atoms with Crippen LogP contribution in [0.1, 0.15) is 65.7 Å². The van der Waals surface area contributed by atoms with E-state index in [4.69, 9.17) is 0 Å². The first kappa shape index (κ1) is 23.9. The van der Waals surface area contributed by atoms with Crippen molar-refractivity contribution in [3.63, 3.8) is 0 Å². The lowest BCUT2D eigenvalue weighted by Crippen LogP contribution is -2.46. The van der Waals surface area contributed by atoms with Crippen LogP contribution in [0, 0.1) is 0 Å². The van der Waals surface area contributed by atoms with Crippen molar-refractivity contribution in [2.75, 3.05) is 32.4 Å². The summed E-state index contributed by atoms with van der Waals surface area (Å²) in [6.45, 7) is 14.3. The summed E-state index contributed by atoms with van der Waals surface area (Å²) in [5.74, 6) is -0.337. The predicted molar refractivity (Wildman–Crippen MR) is 94.9 cm³/mol. The van der Waals surface area contributed by atoms with Crippen LogP contribution in [0.2, 0.25) is 0 Å². The highest BCUT2D eigenvalue weighted by molar-refractivity contribution is 7.85. The summed E-state index contributed by atoms with van der Waals surface area (Å²) in [6, 6.07) is 0. The average molecular weight is 336 g/mol. The summed E-state index contributed by atoms with van der Waals surface area (Å²) in [5.41, 5.74) is 0. The van der Waals surface area contributed by atoms with Crippen molar-refractivity contribution in [1.29, 1.82) is 0 Å². The third kappa shape index (κ3) is 17.7. The van der Waals surface area contributed by atoms with Gasteiger partial charge in [0.2, 0.25) is 0 Å². The number of quaternary nitrogens is 1. The topological polar surface area (TPSA) is 57.2 Å². The van der Waals surface area contributed by atoms with E-state index < -0.39 is 10.1 Å². The van der Waals surface area contributed by atoms with Gasteiger partial charge >= 0.3 is 0 Å². The normalized spacial score (nSPS) is 11.7. The lowest BCUT2D eigenvalue weighted by atomic mass is 10.2. The molecule has 0 heterocycles. The molecule has 0 amide bonds. The molecule has 0 saturated heterocycles. The van der Waals surface area contributed by atoms with Crippen LogP contribution in [0.15, 0.2) is 12.7 Å². The molecule has 0 fully saturated rings. The van der Waals surface area contributed by atoms with Crippen molar-refractivity contribution in [3.05, 3.63) is 12.7 Å². The quantitative estimate of drug-likeness (QED) is 0.308. The second-order valence-corrected chi connectivity index (χ2v) is 7.71. The van der Waals surface area contributed by atoms with Gasteiger partial charge in [-0.25, -0.2) is 8.42 Å². The molecule has 0 unspecified atom stereocenters. The van der Waals surface area contributed by atoms with E-state index in [1.165, 1.54) is 68.7 Å². The summed E-state index contributed by atoms with van der Waals surface area (Å²) in [7, 11) is -1.56. The molecule has 0 aliphatic carbocycles. The van der Waals surface area contributed by atoms with Gasteiger partial charge in [0.05, 0.1) is 36.8 Å². The number of hydrogen-bond donors (Lipinski definition) is 0. The molecule has 5 heteroatoms. The summed E-state index contributed by atoms with van der Waals surface area (Å²) in [4.78, 5) is 0. The van der Waals surface area contributed by atoms with Crippen molar-refractivity contribution in [2.24, 2.45) is 0 Å². The highest BCUT2D eigenvalue weighted by atomic mass is 32.2. The van der Waals surface area contributed by atoms with E-state index in [1.807, 2.05) is 0 Å². The number of nitrogens with zero attached hydrogens (tertiary/aromatic N) is 1. The van der Waals surface area contributed by atoms with E-state index in [-0.39, 0.29) is 12.2 Å². The molecule has 0 aromatic heterocycles. The molecule has 0 N–H and O–H groups in total. The molecule has 0 rings (SSSR count). The third-order valence-corrected chi connectivity index (χ3v) is 4.46. The minimum absolute atomic E-state index is 0.242. The van der Waals surface area contributed by atoms with E-state index in [2.05, 4.69) is 34.4 Å². The molecule has 0 aliphatic heterocycles. The van der Waals surface area contributed by atoms with E-state index in [9.17, 15) is 13.0 Å². The molecule has 0 atom stereocenters. The predicted octanol–water partition coefficient (Wildman–Crippen LogP) is 3.94. The largest absolute Gasteiger partial charge is 0.748 e. The lowest BCUT2D eigenvalue weighted by Gasteiger charge is -2.34.